The molecule has 0 aromatic heterocycles. The molecule has 21 heavy (non-hydrogen) atoms. The number of carbonyl (C=O) groups excluding carboxylic acids is 1. The minimum atomic E-state index is -1.19. The van der Waals surface area contributed by atoms with Crippen LogP contribution in [0.4, 0.5) is 0 Å². The van der Waals surface area contributed by atoms with Crippen LogP contribution < -0.4 is 20.5 Å². The zero-order chi connectivity index (χ0) is 15.8. The molecule has 0 bridgehead atoms. The summed E-state index contributed by atoms with van der Waals surface area (Å²) in [4.78, 5) is 10.7. The number of hydrogen-bond donors (Lipinski definition) is 3. The Bertz CT molecular complexity index is 482. The highest BCUT2D eigenvalue weighted by Crippen LogP contribution is 2.36. The van der Waals surface area contributed by atoms with Crippen molar-refractivity contribution in [3.8, 4) is 11.5 Å². The minimum Gasteiger partial charge on any atom is -0.493 e. The van der Waals surface area contributed by atoms with E-state index in [0.29, 0.717) is 24.7 Å². The third-order valence-corrected chi connectivity index (χ3v) is 3.32. The van der Waals surface area contributed by atoms with Crippen LogP contribution in [-0.2, 0) is 11.3 Å². The molecule has 0 fully saturated rings. The van der Waals surface area contributed by atoms with Crippen LogP contribution in [0, 0.1) is 0 Å². The van der Waals surface area contributed by atoms with Gasteiger partial charge < -0.3 is 25.6 Å². The molecule has 1 atom stereocenters. The number of rotatable bonds is 9. The van der Waals surface area contributed by atoms with Gasteiger partial charge in [0.25, 0.3) is 0 Å². The maximum atomic E-state index is 10.7. The molecule has 6 nitrogen and oxygen atoms in total. The topological polar surface area (TPSA) is 93.8 Å². The second-order valence-corrected chi connectivity index (χ2v) is 5.36. The Kier molecular flexibility index (Phi) is 7.49. The molecule has 0 aliphatic rings. The van der Waals surface area contributed by atoms with Crippen LogP contribution in [0.3, 0.4) is 0 Å². The monoisotopic (exact) mass is 360 g/mol. The van der Waals surface area contributed by atoms with Crippen LogP contribution in [-0.4, -0.2) is 37.4 Å². The van der Waals surface area contributed by atoms with E-state index in [2.05, 4.69) is 21.2 Å². The van der Waals surface area contributed by atoms with Crippen molar-refractivity contribution in [3.05, 3.63) is 22.2 Å². The van der Waals surface area contributed by atoms with Crippen LogP contribution in [0.1, 0.15) is 18.9 Å². The molecule has 0 saturated heterocycles. The quantitative estimate of drug-likeness (QED) is 0.614. The molecule has 1 rings (SSSR count). The summed E-state index contributed by atoms with van der Waals surface area (Å²) in [5.41, 5.74) is 5.91. The molecule has 1 unspecified atom stereocenters. The first kappa shape index (κ1) is 17.7. The highest BCUT2D eigenvalue weighted by Gasteiger charge is 2.13. The van der Waals surface area contributed by atoms with Gasteiger partial charge in [0, 0.05) is 13.1 Å². The van der Waals surface area contributed by atoms with E-state index in [1.165, 1.54) is 0 Å². The van der Waals surface area contributed by atoms with E-state index in [9.17, 15) is 9.90 Å². The van der Waals surface area contributed by atoms with E-state index in [0.717, 1.165) is 16.5 Å². The number of aliphatic hydroxyl groups excluding tert-OH is 1. The normalized spacial score (nSPS) is 12.0. The van der Waals surface area contributed by atoms with Crippen molar-refractivity contribution >= 4 is 21.8 Å². The van der Waals surface area contributed by atoms with Crippen molar-refractivity contribution in [2.24, 2.45) is 5.73 Å². The SMILES string of the molecule is CCCOc1c(Br)cc(CNCC(O)C(N)=O)cc1OC. The van der Waals surface area contributed by atoms with Gasteiger partial charge in [0.15, 0.2) is 11.5 Å². The van der Waals surface area contributed by atoms with Crippen molar-refractivity contribution in [3.63, 3.8) is 0 Å². The van der Waals surface area contributed by atoms with Crippen molar-refractivity contribution in [1.29, 1.82) is 0 Å². The highest BCUT2D eigenvalue weighted by atomic mass is 79.9. The summed E-state index contributed by atoms with van der Waals surface area (Å²) in [6.45, 7) is 3.21. The first-order valence-electron chi connectivity index (χ1n) is 6.66. The fourth-order valence-corrected chi connectivity index (χ4v) is 2.28. The van der Waals surface area contributed by atoms with Gasteiger partial charge >= 0.3 is 0 Å². The van der Waals surface area contributed by atoms with E-state index < -0.39 is 12.0 Å². The van der Waals surface area contributed by atoms with Gasteiger partial charge in [-0.3, -0.25) is 4.79 Å². The Morgan fingerprint density at radius 1 is 1.52 bits per heavy atom. The van der Waals surface area contributed by atoms with Gasteiger partial charge in [-0.2, -0.15) is 0 Å². The van der Waals surface area contributed by atoms with E-state index in [4.69, 9.17) is 15.2 Å². The Morgan fingerprint density at radius 2 is 2.24 bits per heavy atom. The lowest BCUT2D eigenvalue weighted by molar-refractivity contribution is -0.125. The number of nitrogens with one attached hydrogen (secondary N) is 1. The molecule has 118 valence electrons. The molecule has 1 amide bonds. The number of aliphatic hydroxyl groups is 1. The summed E-state index contributed by atoms with van der Waals surface area (Å²) in [6, 6.07) is 3.75. The summed E-state index contributed by atoms with van der Waals surface area (Å²) in [5, 5.41) is 12.3. The number of ether oxygens (including phenoxy) is 2. The van der Waals surface area contributed by atoms with Crippen LogP contribution in [0.5, 0.6) is 11.5 Å². The number of carbonyl (C=O) groups is 1. The van der Waals surface area contributed by atoms with Crippen molar-refractivity contribution in [2.45, 2.75) is 26.0 Å². The van der Waals surface area contributed by atoms with Gasteiger partial charge in [-0.1, -0.05) is 6.92 Å². The summed E-state index contributed by atoms with van der Waals surface area (Å²) >= 11 is 3.46. The largest absolute Gasteiger partial charge is 0.493 e. The second kappa shape index (κ2) is 8.86. The third-order valence-electron chi connectivity index (χ3n) is 2.73. The van der Waals surface area contributed by atoms with Gasteiger partial charge in [0.1, 0.15) is 6.10 Å². The summed E-state index contributed by atoms with van der Waals surface area (Å²) in [5.74, 6) is 0.551. The summed E-state index contributed by atoms with van der Waals surface area (Å²) in [7, 11) is 1.58. The van der Waals surface area contributed by atoms with E-state index >= 15 is 0 Å². The maximum Gasteiger partial charge on any atom is 0.247 e. The lowest BCUT2D eigenvalue weighted by Crippen LogP contribution is -2.37. The Labute approximate surface area is 132 Å². The molecule has 0 heterocycles. The van der Waals surface area contributed by atoms with Gasteiger partial charge in [0.2, 0.25) is 5.91 Å². The molecule has 4 N–H and O–H groups in total. The second-order valence-electron chi connectivity index (χ2n) is 4.51. The predicted molar refractivity (Wildman–Crippen MR) is 83.4 cm³/mol. The fourth-order valence-electron chi connectivity index (χ4n) is 1.67. The fraction of sp³-hybridized carbons (Fsp3) is 0.500. The Morgan fingerprint density at radius 3 is 2.81 bits per heavy atom. The number of amides is 1. The van der Waals surface area contributed by atoms with Gasteiger partial charge in [0.05, 0.1) is 18.2 Å². The van der Waals surface area contributed by atoms with Crippen molar-refractivity contribution in [1.82, 2.24) is 5.32 Å². The molecule has 1 aromatic rings. The number of benzene rings is 1. The molecular weight excluding hydrogens is 340 g/mol. The average Bonchev–Trinajstić information content (AvgIpc) is 2.45. The van der Waals surface area contributed by atoms with Gasteiger partial charge in [-0.25, -0.2) is 0 Å². The first-order chi connectivity index (χ1) is 9.99. The van der Waals surface area contributed by atoms with E-state index in [-0.39, 0.29) is 6.54 Å². The maximum absolute atomic E-state index is 10.7. The molecule has 0 aliphatic carbocycles. The smallest absolute Gasteiger partial charge is 0.247 e. The molecule has 1 aromatic carbocycles. The standard InChI is InChI=1S/C14H21BrN2O4/c1-3-4-21-13-10(15)5-9(6-12(13)20-2)7-17-8-11(18)14(16)19/h5-6,11,17-18H,3-4,7-8H2,1-2H3,(H2,16,19). The molecule has 0 saturated carbocycles. The van der Waals surface area contributed by atoms with Gasteiger partial charge in [-0.05, 0) is 40.0 Å². The first-order valence-corrected chi connectivity index (χ1v) is 7.46. The predicted octanol–water partition coefficient (Wildman–Crippen LogP) is 1.18. The average molecular weight is 361 g/mol. The van der Waals surface area contributed by atoms with E-state index in [1.54, 1.807) is 7.11 Å². The lowest BCUT2D eigenvalue weighted by Gasteiger charge is -2.14. The Hall–Kier alpha value is -1.31. The van der Waals surface area contributed by atoms with Crippen LogP contribution in [0.2, 0.25) is 0 Å². The number of primary amides is 1. The number of methoxy groups -OCH3 is 1. The molecule has 0 aliphatic heterocycles. The van der Waals surface area contributed by atoms with Crippen molar-refractivity contribution in [2.75, 3.05) is 20.3 Å². The van der Waals surface area contributed by atoms with Crippen LogP contribution >= 0.6 is 15.9 Å². The summed E-state index contributed by atoms with van der Waals surface area (Å²) in [6.07, 6.45) is -0.285. The lowest BCUT2D eigenvalue weighted by atomic mass is 10.2. The molecule has 0 spiro atoms. The minimum absolute atomic E-state index is 0.101. The van der Waals surface area contributed by atoms with Crippen LogP contribution in [0.25, 0.3) is 0 Å². The highest BCUT2D eigenvalue weighted by molar-refractivity contribution is 9.10. The van der Waals surface area contributed by atoms with E-state index in [1.807, 2.05) is 19.1 Å². The molecule has 7 heteroatoms. The molecular formula is C14H21BrN2O4. The zero-order valence-electron chi connectivity index (χ0n) is 12.2. The zero-order valence-corrected chi connectivity index (χ0v) is 13.8. The third kappa shape index (κ3) is 5.53. The summed E-state index contributed by atoms with van der Waals surface area (Å²) < 4.78 is 11.8. The van der Waals surface area contributed by atoms with Crippen molar-refractivity contribution < 1.29 is 19.4 Å². The van der Waals surface area contributed by atoms with Gasteiger partial charge in [-0.15, -0.1) is 0 Å². The van der Waals surface area contributed by atoms with Crippen LogP contribution in [0.15, 0.2) is 16.6 Å². The number of nitrogens with two attached hydrogens (primary N) is 1. The Balaban J connectivity index is 2.72. The molecule has 0 radical (unpaired) electrons. The number of hydrogen-bond acceptors (Lipinski definition) is 5. The number of halogens is 1.